The molecule has 0 aliphatic carbocycles. The van der Waals surface area contributed by atoms with Crippen LogP contribution >= 0.6 is 12.2 Å². The zero-order valence-electron chi connectivity index (χ0n) is 11.9. The van der Waals surface area contributed by atoms with Gasteiger partial charge in [0.15, 0.2) is 5.11 Å². The number of hydrogen-bond acceptors (Lipinski definition) is 3. The second-order valence-electron chi connectivity index (χ2n) is 4.32. The smallest absolute Gasteiger partial charge is 0.387 e. The van der Waals surface area contributed by atoms with Gasteiger partial charge in [-0.05, 0) is 37.3 Å². The summed E-state index contributed by atoms with van der Waals surface area (Å²) in [6.07, 6.45) is 1.71. The van der Waals surface area contributed by atoms with E-state index in [-0.39, 0.29) is 5.75 Å². The Kier molecular flexibility index (Phi) is 5.65. The SMILES string of the molecule is CCn1nccc1CNC(=S)Nc1ccccc1OC(F)F. The Balaban J connectivity index is 1.95. The van der Waals surface area contributed by atoms with Crippen LogP contribution < -0.4 is 15.4 Å². The number of rotatable bonds is 6. The molecule has 1 aromatic heterocycles. The molecule has 1 heterocycles. The number of nitrogens with one attached hydrogen (secondary N) is 2. The molecule has 0 fully saturated rings. The Morgan fingerprint density at radius 1 is 1.36 bits per heavy atom. The maximum absolute atomic E-state index is 12.3. The van der Waals surface area contributed by atoms with Gasteiger partial charge in [-0.25, -0.2) is 0 Å². The van der Waals surface area contributed by atoms with E-state index in [1.807, 2.05) is 17.7 Å². The van der Waals surface area contributed by atoms with E-state index in [1.54, 1.807) is 24.4 Å². The lowest BCUT2D eigenvalue weighted by atomic mass is 10.3. The Hall–Kier alpha value is -2.22. The second-order valence-corrected chi connectivity index (χ2v) is 4.73. The minimum Gasteiger partial charge on any atom is -0.433 e. The van der Waals surface area contributed by atoms with Crippen molar-refractivity contribution in [1.82, 2.24) is 15.1 Å². The Labute approximate surface area is 132 Å². The summed E-state index contributed by atoms with van der Waals surface area (Å²) in [4.78, 5) is 0. The Bertz CT molecular complexity index is 633. The summed E-state index contributed by atoms with van der Waals surface area (Å²) in [5.41, 5.74) is 1.35. The van der Waals surface area contributed by atoms with Crippen molar-refractivity contribution >= 4 is 23.0 Å². The van der Waals surface area contributed by atoms with E-state index in [0.717, 1.165) is 12.2 Å². The predicted octanol–water partition coefficient (Wildman–Crippen LogP) is 2.99. The molecule has 0 aliphatic rings. The monoisotopic (exact) mass is 326 g/mol. The number of para-hydroxylation sites is 2. The van der Waals surface area contributed by atoms with E-state index in [9.17, 15) is 8.78 Å². The van der Waals surface area contributed by atoms with E-state index >= 15 is 0 Å². The van der Waals surface area contributed by atoms with Gasteiger partial charge >= 0.3 is 6.61 Å². The number of aromatic nitrogens is 2. The molecule has 5 nitrogen and oxygen atoms in total. The van der Waals surface area contributed by atoms with Crippen molar-refractivity contribution < 1.29 is 13.5 Å². The van der Waals surface area contributed by atoms with Gasteiger partial charge in [0.1, 0.15) is 5.75 Å². The number of anilines is 1. The van der Waals surface area contributed by atoms with Crippen LogP contribution in [0.15, 0.2) is 36.5 Å². The standard InChI is InChI=1S/C14H16F2N4OS/c1-2-20-10(7-8-18-20)9-17-14(22)19-11-5-3-4-6-12(11)21-13(15)16/h3-8,13H,2,9H2,1H3,(H2,17,19,22). The fourth-order valence-electron chi connectivity index (χ4n) is 1.90. The zero-order valence-corrected chi connectivity index (χ0v) is 12.7. The Morgan fingerprint density at radius 3 is 2.86 bits per heavy atom. The predicted molar refractivity (Wildman–Crippen MR) is 84.0 cm³/mol. The van der Waals surface area contributed by atoms with Gasteiger partial charge in [0.05, 0.1) is 17.9 Å². The number of hydrogen-bond donors (Lipinski definition) is 2. The highest BCUT2D eigenvalue weighted by molar-refractivity contribution is 7.80. The summed E-state index contributed by atoms with van der Waals surface area (Å²) in [5, 5.41) is 10.3. The van der Waals surface area contributed by atoms with Gasteiger partial charge in [-0.1, -0.05) is 12.1 Å². The fourth-order valence-corrected chi connectivity index (χ4v) is 2.08. The molecule has 0 atom stereocenters. The third-order valence-corrected chi connectivity index (χ3v) is 3.13. The van der Waals surface area contributed by atoms with Crippen LogP contribution in [0.3, 0.4) is 0 Å². The highest BCUT2D eigenvalue weighted by atomic mass is 32.1. The van der Waals surface area contributed by atoms with Crippen LogP contribution in [0.5, 0.6) is 5.75 Å². The maximum Gasteiger partial charge on any atom is 0.387 e. The molecule has 0 bridgehead atoms. The zero-order chi connectivity index (χ0) is 15.9. The first-order valence-electron chi connectivity index (χ1n) is 6.69. The van der Waals surface area contributed by atoms with Crippen LogP contribution in [-0.2, 0) is 13.1 Å². The third kappa shape index (κ3) is 4.39. The molecule has 118 valence electrons. The van der Waals surface area contributed by atoms with Crippen LogP contribution in [0.25, 0.3) is 0 Å². The van der Waals surface area contributed by atoms with Crippen molar-refractivity contribution in [3.63, 3.8) is 0 Å². The summed E-state index contributed by atoms with van der Waals surface area (Å²) in [5.74, 6) is 0.0419. The highest BCUT2D eigenvalue weighted by Crippen LogP contribution is 2.25. The van der Waals surface area contributed by atoms with Crippen LogP contribution in [0.4, 0.5) is 14.5 Å². The lowest BCUT2D eigenvalue weighted by Gasteiger charge is -2.14. The molecule has 0 amide bonds. The van der Waals surface area contributed by atoms with Crippen molar-refractivity contribution in [2.45, 2.75) is 26.6 Å². The van der Waals surface area contributed by atoms with E-state index < -0.39 is 6.61 Å². The van der Waals surface area contributed by atoms with Crippen molar-refractivity contribution in [2.75, 3.05) is 5.32 Å². The van der Waals surface area contributed by atoms with E-state index in [0.29, 0.717) is 17.3 Å². The molecule has 2 N–H and O–H groups in total. The largest absolute Gasteiger partial charge is 0.433 e. The number of ether oxygens (including phenoxy) is 1. The third-order valence-electron chi connectivity index (χ3n) is 2.89. The lowest BCUT2D eigenvalue weighted by molar-refractivity contribution is -0.0493. The quantitative estimate of drug-likeness (QED) is 0.799. The Morgan fingerprint density at radius 2 is 2.14 bits per heavy atom. The van der Waals surface area contributed by atoms with Crippen molar-refractivity contribution in [3.8, 4) is 5.75 Å². The average molecular weight is 326 g/mol. The minimum absolute atomic E-state index is 0.0419. The van der Waals surface area contributed by atoms with Gasteiger partial charge in [-0.2, -0.15) is 13.9 Å². The molecular formula is C14H16F2N4OS. The molecule has 2 aromatic rings. The number of aryl methyl sites for hydroxylation is 1. The molecule has 0 saturated heterocycles. The first-order chi connectivity index (χ1) is 10.6. The minimum atomic E-state index is -2.89. The van der Waals surface area contributed by atoms with E-state index in [1.165, 1.54) is 6.07 Å². The van der Waals surface area contributed by atoms with Gasteiger partial charge < -0.3 is 15.4 Å². The van der Waals surface area contributed by atoms with E-state index in [2.05, 4.69) is 20.5 Å². The number of thiocarbonyl (C=S) groups is 1. The second kappa shape index (κ2) is 7.69. The topological polar surface area (TPSA) is 51.1 Å². The van der Waals surface area contributed by atoms with Gasteiger partial charge in [0, 0.05) is 12.7 Å². The molecule has 0 spiro atoms. The molecule has 22 heavy (non-hydrogen) atoms. The van der Waals surface area contributed by atoms with Gasteiger partial charge in [-0.3, -0.25) is 4.68 Å². The first-order valence-corrected chi connectivity index (χ1v) is 7.10. The summed E-state index contributed by atoms with van der Waals surface area (Å²) >= 11 is 5.17. The number of alkyl halides is 2. The molecule has 2 rings (SSSR count). The first kappa shape index (κ1) is 16.2. The van der Waals surface area contributed by atoms with Crippen LogP contribution in [0, 0.1) is 0 Å². The molecule has 0 unspecified atom stereocenters. The summed E-state index contributed by atoms with van der Waals surface area (Å²) in [7, 11) is 0. The molecule has 0 radical (unpaired) electrons. The number of halogens is 2. The van der Waals surface area contributed by atoms with Crippen molar-refractivity contribution in [1.29, 1.82) is 0 Å². The highest BCUT2D eigenvalue weighted by Gasteiger charge is 2.10. The maximum atomic E-state index is 12.3. The van der Waals surface area contributed by atoms with E-state index in [4.69, 9.17) is 12.2 Å². The average Bonchev–Trinajstić information content (AvgIpc) is 2.94. The summed E-state index contributed by atoms with van der Waals surface area (Å²) in [6, 6.07) is 8.26. The van der Waals surface area contributed by atoms with Gasteiger partial charge in [-0.15, -0.1) is 0 Å². The van der Waals surface area contributed by atoms with Gasteiger partial charge in [0.25, 0.3) is 0 Å². The van der Waals surface area contributed by atoms with Crippen LogP contribution in [0.1, 0.15) is 12.6 Å². The molecule has 0 aliphatic heterocycles. The summed E-state index contributed by atoms with van der Waals surface area (Å²) < 4.78 is 31.0. The van der Waals surface area contributed by atoms with Gasteiger partial charge in [0.2, 0.25) is 0 Å². The number of benzene rings is 1. The molecular weight excluding hydrogens is 310 g/mol. The molecule has 0 saturated carbocycles. The van der Waals surface area contributed by atoms with Crippen LogP contribution in [-0.4, -0.2) is 21.5 Å². The van der Waals surface area contributed by atoms with Crippen LogP contribution in [0.2, 0.25) is 0 Å². The number of nitrogens with zero attached hydrogens (tertiary/aromatic N) is 2. The normalized spacial score (nSPS) is 10.5. The van der Waals surface area contributed by atoms with Crippen molar-refractivity contribution in [2.24, 2.45) is 0 Å². The molecule has 1 aromatic carbocycles. The molecule has 8 heteroatoms. The fraction of sp³-hybridized carbons (Fsp3) is 0.286. The summed E-state index contributed by atoms with van der Waals surface area (Å²) in [6.45, 7) is 0.348. The lowest BCUT2D eigenvalue weighted by Crippen LogP contribution is -2.29. The van der Waals surface area contributed by atoms with Crippen molar-refractivity contribution in [3.05, 3.63) is 42.2 Å².